The molecule has 17 heavy (non-hydrogen) atoms. The van der Waals surface area contributed by atoms with Crippen molar-refractivity contribution in [3.05, 3.63) is 28.8 Å². The Bertz CT molecular complexity index is 447. The molecular formula is C13H16ClNO2. The Kier molecular flexibility index (Phi) is 3.29. The maximum atomic E-state index is 11.3. The van der Waals surface area contributed by atoms with E-state index in [4.69, 9.17) is 16.3 Å². The highest BCUT2D eigenvalue weighted by Gasteiger charge is 2.34. The molecule has 1 amide bonds. The first kappa shape index (κ1) is 12.2. The van der Waals surface area contributed by atoms with Gasteiger partial charge in [0.05, 0.1) is 7.11 Å². The SMILES string of the molecule is COc1cccc(Cl)c1CC1(C)CCC(=O)N1. The van der Waals surface area contributed by atoms with Crippen LogP contribution >= 0.6 is 11.6 Å². The summed E-state index contributed by atoms with van der Waals surface area (Å²) in [5.41, 5.74) is 0.747. The molecule has 0 radical (unpaired) electrons. The van der Waals surface area contributed by atoms with Crippen LogP contribution in [0.3, 0.4) is 0 Å². The molecule has 0 saturated carbocycles. The van der Waals surface area contributed by atoms with E-state index in [1.165, 1.54) is 0 Å². The van der Waals surface area contributed by atoms with Crippen molar-refractivity contribution in [2.24, 2.45) is 0 Å². The number of nitrogens with one attached hydrogen (secondary N) is 1. The van der Waals surface area contributed by atoms with Crippen LogP contribution in [0.25, 0.3) is 0 Å². The van der Waals surface area contributed by atoms with E-state index in [1.54, 1.807) is 7.11 Å². The number of hydrogen-bond donors (Lipinski definition) is 1. The Balaban J connectivity index is 2.26. The van der Waals surface area contributed by atoms with Crippen molar-refractivity contribution in [2.75, 3.05) is 7.11 Å². The molecule has 1 aliphatic rings. The predicted molar refractivity (Wildman–Crippen MR) is 67.5 cm³/mol. The normalized spacial score (nSPS) is 23.6. The third-order valence-corrected chi connectivity index (χ3v) is 3.56. The van der Waals surface area contributed by atoms with Crippen molar-refractivity contribution in [1.82, 2.24) is 5.32 Å². The maximum Gasteiger partial charge on any atom is 0.220 e. The average Bonchev–Trinajstić information content (AvgIpc) is 2.62. The number of amides is 1. The van der Waals surface area contributed by atoms with Gasteiger partial charge in [0.1, 0.15) is 5.75 Å². The lowest BCUT2D eigenvalue weighted by atomic mass is 9.91. The van der Waals surface area contributed by atoms with Gasteiger partial charge in [0.25, 0.3) is 0 Å². The summed E-state index contributed by atoms with van der Waals surface area (Å²) in [6.07, 6.45) is 2.12. The second-order valence-electron chi connectivity index (χ2n) is 4.71. The van der Waals surface area contributed by atoms with Gasteiger partial charge in [0.15, 0.2) is 0 Å². The first-order valence-electron chi connectivity index (χ1n) is 5.66. The van der Waals surface area contributed by atoms with Crippen LogP contribution in [0.1, 0.15) is 25.3 Å². The Labute approximate surface area is 106 Å². The zero-order valence-electron chi connectivity index (χ0n) is 10.0. The van der Waals surface area contributed by atoms with E-state index in [9.17, 15) is 4.79 Å². The summed E-state index contributed by atoms with van der Waals surface area (Å²) in [7, 11) is 1.63. The van der Waals surface area contributed by atoms with Crippen molar-refractivity contribution in [1.29, 1.82) is 0 Å². The molecule has 1 aliphatic heterocycles. The maximum absolute atomic E-state index is 11.3. The molecule has 1 saturated heterocycles. The molecular weight excluding hydrogens is 238 g/mol. The Hall–Kier alpha value is -1.22. The van der Waals surface area contributed by atoms with Crippen LogP contribution in [-0.4, -0.2) is 18.6 Å². The molecule has 1 aromatic carbocycles. The van der Waals surface area contributed by atoms with Crippen molar-refractivity contribution >= 4 is 17.5 Å². The Morgan fingerprint density at radius 3 is 2.88 bits per heavy atom. The molecule has 3 nitrogen and oxygen atoms in total. The zero-order valence-corrected chi connectivity index (χ0v) is 10.8. The van der Waals surface area contributed by atoms with E-state index < -0.39 is 0 Å². The quantitative estimate of drug-likeness (QED) is 0.899. The summed E-state index contributed by atoms with van der Waals surface area (Å²) in [5.74, 6) is 0.887. The number of methoxy groups -OCH3 is 1. The molecule has 0 spiro atoms. The average molecular weight is 254 g/mol. The van der Waals surface area contributed by atoms with Gasteiger partial charge in [0, 0.05) is 29.0 Å². The van der Waals surface area contributed by atoms with Crippen LogP contribution < -0.4 is 10.1 Å². The van der Waals surface area contributed by atoms with Gasteiger partial charge in [-0.25, -0.2) is 0 Å². The lowest BCUT2D eigenvalue weighted by Crippen LogP contribution is -2.40. The monoisotopic (exact) mass is 253 g/mol. The van der Waals surface area contributed by atoms with Crippen LogP contribution in [-0.2, 0) is 11.2 Å². The third kappa shape index (κ3) is 2.55. The van der Waals surface area contributed by atoms with E-state index >= 15 is 0 Å². The van der Waals surface area contributed by atoms with Gasteiger partial charge >= 0.3 is 0 Å². The van der Waals surface area contributed by atoms with Crippen LogP contribution in [0.2, 0.25) is 5.02 Å². The highest BCUT2D eigenvalue weighted by atomic mass is 35.5. The second-order valence-corrected chi connectivity index (χ2v) is 5.11. The van der Waals surface area contributed by atoms with Gasteiger partial charge in [-0.15, -0.1) is 0 Å². The van der Waals surface area contributed by atoms with Crippen LogP contribution in [0.5, 0.6) is 5.75 Å². The summed E-state index contributed by atoms with van der Waals surface area (Å²) in [6, 6.07) is 5.60. The van der Waals surface area contributed by atoms with E-state index in [1.807, 2.05) is 25.1 Å². The standard InChI is InChI=1S/C13H16ClNO2/c1-13(7-6-12(16)15-13)8-9-10(14)4-3-5-11(9)17-2/h3-5H,6-8H2,1-2H3,(H,15,16). The van der Waals surface area contributed by atoms with Crippen molar-refractivity contribution < 1.29 is 9.53 Å². The fraction of sp³-hybridized carbons (Fsp3) is 0.462. The number of rotatable bonds is 3. The van der Waals surface area contributed by atoms with Crippen LogP contribution in [0.15, 0.2) is 18.2 Å². The number of benzene rings is 1. The van der Waals surface area contributed by atoms with Gasteiger partial charge < -0.3 is 10.1 Å². The molecule has 0 aliphatic carbocycles. The highest BCUT2D eigenvalue weighted by molar-refractivity contribution is 6.31. The van der Waals surface area contributed by atoms with Crippen LogP contribution in [0.4, 0.5) is 0 Å². The predicted octanol–water partition coefficient (Wildman–Crippen LogP) is 2.56. The van der Waals surface area contributed by atoms with Crippen LogP contribution in [0, 0.1) is 0 Å². The van der Waals surface area contributed by atoms with Gasteiger partial charge in [-0.2, -0.15) is 0 Å². The molecule has 1 N–H and O–H groups in total. The second kappa shape index (κ2) is 4.57. The van der Waals surface area contributed by atoms with Gasteiger partial charge in [-0.1, -0.05) is 17.7 Å². The lowest BCUT2D eigenvalue weighted by Gasteiger charge is -2.25. The molecule has 1 heterocycles. The molecule has 1 unspecified atom stereocenters. The molecule has 1 atom stereocenters. The summed E-state index contributed by atoms with van der Waals surface area (Å²) in [4.78, 5) is 11.3. The highest BCUT2D eigenvalue weighted by Crippen LogP contribution is 2.33. The lowest BCUT2D eigenvalue weighted by molar-refractivity contribution is -0.119. The number of hydrogen-bond acceptors (Lipinski definition) is 2. The molecule has 2 rings (SSSR count). The summed E-state index contributed by atoms with van der Waals surface area (Å²) >= 11 is 6.19. The minimum Gasteiger partial charge on any atom is -0.496 e. The van der Waals surface area contributed by atoms with E-state index in [2.05, 4.69) is 5.32 Å². The fourth-order valence-corrected chi connectivity index (χ4v) is 2.51. The first-order valence-corrected chi connectivity index (χ1v) is 6.04. The Morgan fingerprint density at radius 1 is 1.53 bits per heavy atom. The van der Waals surface area contributed by atoms with Crippen molar-refractivity contribution in [3.8, 4) is 5.75 Å². The summed E-state index contributed by atoms with van der Waals surface area (Å²) in [6.45, 7) is 2.04. The smallest absolute Gasteiger partial charge is 0.220 e. The number of carbonyl (C=O) groups is 1. The molecule has 92 valence electrons. The number of ether oxygens (including phenoxy) is 1. The zero-order chi connectivity index (χ0) is 12.5. The molecule has 4 heteroatoms. The summed E-state index contributed by atoms with van der Waals surface area (Å²) in [5, 5.41) is 3.69. The largest absolute Gasteiger partial charge is 0.496 e. The van der Waals surface area contributed by atoms with E-state index in [-0.39, 0.29) is 11.4 Å². The van der Waals surface area contributed by atoms with Gasteiger partial charge in [-0.3, -0.25) is 4.79 Å². The third-order valence-electron chi connectivity index (χ3n) is 3.21. The fourth-order valence-electron chi connectivity index (χ4n) is 2.28. The van der Waals surface area contributed by atoms with Crippen molar-refractivity contribution in [2.45, 2.75) is 31.7 Å². The first-order chi connectivity index (χ1) is 8.04. The van der Waals surface area contributed by atoms with Crippen molar-refractivity contribution in [3.63, 3.8) is 0 Å². The molecule has 1 aromatic rings. The Morgan fingerprint density at radius 2 is 2.29 bits per heavy atom. The summed E-state index contributed by atoms with van der Waals surface area (Å²) < 4.78 is 5.31. The topological polar surface area (TPSA) is 38.3 Å². The minimum absolute atomic E-state index is 0.110. The molecule has 0 aromatic heterocycles. The molecule has 1 fully saturated rings. The van der Waals surface area contributed by atoms with Gasteiger partial charge in [-0.05, 0) is 25.5 Å². The molecule has 0 bridgehead atoms. The van der Waals surface area contributed by atoms with Gasteiger partial charge in [0.2, 0.25) is 5.91 Å². The van der Waals surface area contributed by atoms with E-state index in [0.29, 0.717) is 17.9 Å². The minimum atomic E-state index is -0.213. The number of halogens is 1. The number of carbonyl (C=O) groups excluding carboxylic acids is 1. The van der Waals surface area contributed by atoms with E-state index in [0.717, 1.165) is 17.7 Å².